The van der Waals surface area contributed by atoms with Crippen molar-refractivity contribution in [1.29, 1.82) is 0 Å². The molecule has 0 aromatic heterocycles. The van der Waals surface area contributed by atoms with Crippen LogP contribution in [-0.4, -0.2) is 31.7 Å². The fraction of sp³-hybridized carbons (Fsp3) is 0.250. The predicted molar refractivity (Wildman–Crippen MR) is 65.3 cm³/mol. The SMILES string of the molecule is C#CCOc1cc(C(=O)OC)c([N+](=O)[O-])cc1OC. The zero-order chi connectivity index (χ0) is 14.4. The van der Waals surface area contributed by atoms with E-state index in [1.165, 1.54) is 13.2 Å². The molecule has 100 valence electrons. The Labute approximate surface area is 109 Å². The molecular weight excluding hydrogens is 254 g/mol. The molecule has 0 radical (unpaired) electrons. The molecule has 0 aliphatic rings. The van der Waals surface area contributed by atoms with E-state index in [2.05, 4.69) is 10.7 Å². The summed E-state index contributed by atoms with van der Waals surface area (Å²) in [7, 11) is 2.44. The van der Waals surface area contributed by atoms with E-state index in [4.69, 9.17) is 15.9 Å². The minimum atomic E-state index is -0.847. The highest BCUT2D eigenvalue weighted by atomic mass is 16.6. The lowest BCUT2D eigenvalue weighted by atomic mass is 10.1. The van der Waals surface area contributed by atoms with E-state index in [-0.39, 0.29) is 23.7 Å². The molecule has 0 amide bonds. The number of rotatable bonds is 5. The molecule has 19 heavy (non-hydrogen) atoms. The average molecular weight is 265 g/mol. The van der Waals surface area contributed by atoms with Gasteiger partial charge in [-0.2, -0.15) is 0 Å². The summed E-state index contributed by atoms with van der Waals surface area (Å²) in [4.78, 5) is 21.7. The first-order valence-corrected chi connectivity index (χ1v) is 5.06. The quantitative estimate of drug-likeness (QED) is 0.346. The Balaban J connectivity index is 3.38. The van der Waals surface area contributed by atoms with Gasteiger partial charge in [0.25, 0.3) is 5.69 Å². The van der Waals surface area contributed by atoms with Crippen molar-refractivity contribution in [2.75, 3.05) is 20.8 Å². The van der Waals surface area contributed by atoms with Crippen molar-refractivity contribution in [1.82, 2.24) is 0 Å². The first-order valence-electron chi connectivity index (χ1n) is 5.06. The second kappa shape index (κ2) is 6.26. The Morgan fingerprint density at radius 3 is 2.58 bits per heavy atom. The standard InChI is InChI=1S/C12H11NO6/c1-4-5-19-11-6-8(12(14)18-3)9(13(15)16)7-10(11)17-2/h1,6-7H,5H2,2-3H3. The maximum atomic E-state index is 11.5. The van der Waals surface area contributed by atoms with Gasteiger partial charge in [0.2, 0.25) is 0 Å². The van der Waals surface area contributed by atoms with Crippen molar-refractivity contribution >= 4 is 11.7 Å². The molecule has 0 unspecified atom stereocenters. The van der Waals surface area contributed by atoms with Crippen LogP contribution in [0, 0.1) is 22.5 Å². The summed E-state index contributed by atoms with van der Waals surface area (Å²) in [6.45, 7) is -0.0607. The Hall–Kier alpha value is -2.75. The number of hydrogen-bond donors (Lipinski definition) is 0. The molecule has 0 heterocycles. The lowest BCUT2D eigenvalue weighted by Crippen LogP contribution is -2.07. The van der Waals surface area contributed by atoms with Gasteiger partial charge >= 0.3 is 5.97 Å². The van der Waals surface area contributed by atoms with Gasteiger partial charge in [-0.25, -0.2) is 4.79 Å². The highest BCUT2D eigenvalue weighted by Crippen LogP contribution is 2.34. The van der Waals surface area contributed by atoms with Crippen molar-refractivity contribution < 1.29 is 23.9 Å². The largest absolute Gasteiger partial charge is 0.493 e. The van der Waals surface area contributed by atoms with Crippen LogP contribution in [0.2, 0.25) is 0 Å². The van der Waals surface area contributed by atoms with E-state index >= 15 is 0 Å². The van der Waals surface area contributed by atoms with Crippen LogP contribution >= 0.6 is 0 Å². The summed E-state index contributed by atoms with van der Waals surface area (Å²) in [6.07, 6.45) is 5.05. The molecule has 1 aromatic rings. The van der Waals surface area contributed by atoms with E-state index in [9.17, 15) is 14.9 Å². The van der Waals surface area contributed by atoms with E-state index in [0.29, 0.717) is 0 Å². The Morgan fingerprint density at radius 1 is 1.42 bits per heavy atom. The molecule has 1 rings (SSSR count). The smallest absolute Gasteiger partial charge is 0.345 e. The minimum Gasteiger partial charge on any atom is -0.493 e. The van der Waals surface area contributed by atoms with Crippen LogP contribution < -0.4 is 9.47 Å². The van der Waals surface area contributed by atoms with Crippen molar-refractivity contribution in [2.24, 2.45) is 0 Å². The number of carbonyl (C=O) groups excluding carboxylic acids is 1. The van der Waals surface area contributed by atoms with Gasteiger partial charge in [-0.1, -0.05) is 5.92 Å². The van der Waals surface area contributed by atoms with Gasteiger partial charge in [-0.3, -0.25) is 10.1 Å². The molecule has 0 saturated carbocycles. The number of hydrogen-bond acceptors (Lipinski definition) is 6. The summed E-state index contributed by atoms with van der Waals surface area (Å²) in [5, 5.41) is 10.9. The molecular formula is C12H11NO6. The number of carbonyl (C=O) groups is 1. The third-order valence-electron chi connectivity index (χ3n) is 2.19. The van der Waals surface area contributed by atoms with E-state index < -0.39 is 16.6 Å². The van der Waals surface area contributed by atoms with Gasteiger partial charge in [0.1, 0.15) is 12.2 Å². The first-order chi connectivity index (χ1) is 9.04. The van der Waals surface area contributed by atoms with E-state index in [1.54, 1.807) is 0 Å². The third kappa shape index (κ3) is 3.13. The highest BCUT2D eigenvalue weighted by Gasteiger charge is 2.25. The number of ether oxygens (including phenoxy) is 3. The molecule has 7 heteroatoms. The third-order valence-corrected chi connectivity index (χ3v) is 2.19. The number of methoxy groups -OCH3 is 2. The lowest BCUT2D eigenvalue weighted by Gasteiger charge is -2.10. The molecule has 0 bridgehead atoms. The fourth-order valence-electron chi connectivity index (χ4n) is 1.37. The lowest BCUT2D eigenvalue weighted by molar-refractivity contribution is -0.385. The summed E-state index contributed by atoms with van der Waals surface area (Å²) < 4.78 is 14.6. The van der Waals surface area contributed by atoms with Gasteiger partial charge in [-0.15, -0.1) is 6.42 Å². The maximum absolute atomic E-state index is 11.5. The normalized spacial score (nSPS) is 9.32. The summed E-state index contributed by atoms with van der Waals surface area (Å²) >= 11 is 0. The topological polar surface area (TPSA) is 87.9 Å². The van der Waals surface area contributed by atoms with Gasteiger partial charge in [0.05, 0.1) is 25.2 Å². The first kappa shape index (κ1) is 14.3. The van der Waals surface area contributed by atoms with E-state index in [1.807, 2.05) is 0 Å². The van der Waals surface area contributed by atoms with Crippen LogP contribution in [0.3, 0.4) is 0 Å². The summed E-state index contributed by atoms with van der Waals surface area (Å²) in [6, 6.07) is 2.25. The number of nitrogens with zero attached hydrogens (tertiary/aromatic N) is 1. The predicted octanol–water partition coefficient (Wildman–Crippen LogP) is 1.40. The van der Waals surface area contributed by atoms with Crippen LogP contribution in [-0.2, 0) is 4.74 Å². The second-order valence-corrected chi connectivity index (χ2v) is 3.26. The molecule has 1 aromatic carbocycles. The highest BCUT2D eigenvalue weighted by molar-refractivity contribution is 5.94. The van der Waals surface area contributed by atoms with Crippen LogP contribution in [0.5, 0.6) is 11.5 Å². The molecule has 0 N–H and O–H groups in total. The van der Waals surface area contributed by atoms with Crippen molar-refractivity contribution in [3.63, 3.8) is 0 Å². The number of esters is 1. The zero-order valence-electron chi connectivity index (χ0n) is 10.3. The zero-order valence-corrected chi connectivity index (χ0v) is 10.3. The van der Waals surface area contributed by atoms with Crippen molar-refractivity contribution in [2.45, 2.75) is 0 Å². The Bertz CT molecular complexity index is 546. The van der Waals surface area contributed by atoms with Crippen LogP contribution in [0.1, 0.15) is 10.4 Å². The average Bonchev–Trinajstić information content (AvgIpc) is 2.42. The Morgan fingerprint density at radius 2 is 2.11 bits per heavy atom. The maximum Gasteiger partial charge on any atom is 0.345 e. The van der Waals surface area contributed by atoms with Gasteiger partial charge < -0.3 is 14.2 Å². The Kier molecular flexibility index (Phi) is 4.71. The number of nitro groups is 1. The van der Waals surface area contributed by atoms with Crippen LogP contribution in [0.4, 0.5) is 5.69 Å². The second-order valence-electron chi connectivity index (χ2n) is 3.26. The molecule has 0 spiro atoms. The van der Waals surface area contributed by atoms with Crippen LogP contribution in [0.25, 0.3) is 0 Å². The number of terminal acetylenes is 1. The molecule has 0 fully saturated rings. The van der Waals surface area contributed by atoms with Crippen molar-refractivity contribution in [3.8, 4) is 23.8 Å². The van der Waals surface area contributed by atoms with Gasteiger partial charge in [-0.05, 0) is 0 Å². The molecule has 0 atom stereocenters. The fourth-order valence-corrected chi connectivity index (χ4v) is 1.37. The van der Waals surface area contributed by atoms with Crippen LogP contribution in [0.15, 0.2) is 12.1 Å². The van der Waals surface area contributed by atoms with Gasteiger partial charge in [0, 0.05) is 6.07 Å². The van der Waals surface area contributed by atoms with Gasteiger partial charge in [0.15, 0.2) is 11.5 Å². The molecule has 0 aliphatic carbocycles. The molecule has 7 nitrogen and oxygen atoms in total. The number of nitro benzene ring substituents is 1. The van der Waals surface area contributed by atoms with E-state index in [0.717, 1.165) is 13.2 Å². The van der Waals surface area contributed by atoms with Crippen molar-refractivity contribution in [3.05, 3.63) is 27.8 Å². The number of benzene rings is 1. The summed E-state index contributed by atoms with van der Waals surface area (Å²) in [5.41, 5.74) is -0.669. The summed E-state index contributed by atoms with van der Waals surface area (Å²) in [5.74, 6) is 1.63. The minimum absolute atomic E-state index is 0.0607. The monoisotopic (exact) mass is 265 g/mol. The molecule has 0 saturated heterocycles. The molecule has 0 aliphatic heterocycles.